The molecule has 0 radical (unpaired) electrons. The lowest BCUT2D eigenvalue weighted by Gasteiger charge is -2.33. The third kappa shape index (κ3) is 8.63. The standard InChI is InChI=1S/C29H31F4NO4S/c1-28(2,23-9-11-25(30)12-10-23)20-34(18-21-6-4-7-24(16-21)29(31,32)33)14-5-15-38-26-13-8-22(19-35)27(17-26)39(3,36)37/h4,6-13,16-17,19H,5,14-15,18,20H2,1-3H3. The van der Waals surface area contributed by atoms with Crippen molar-refractivity contribution in [3.8, 4) is 5.75 Å². The number of hydrogen-bond acceptors (Lipinski definition) is 5. The minimum Gasteiger partial charge on any atom is -0.494 e. The van der Waals surface area contributed by atoms with Crippen LogP contribution < -0.4 is 4.74 Å². The number of nitrogens with zero attached hydrogens (tertiary/aromatic N) is 1. The minimum atomic E-state index is -4.45. The topological polar surface area (TPSA) is 63.7 Å². The van der Waals surface area contributed by atoms with E-state index in [9.17, 15) is 30.8 Å². The first-order chi connectivity index (χ1) is 18.2. The second-order valence-corrected chi connectivity index (χ2v) is 12.1. The molecule has 0 aliphatic rings. The Bertz CT molecular complexity index is 1390. The van der Waals surface area contributed by atoms with Gasteiger partial charge in [0.15, 0.2) is 16.1 Å². The van der Waals surface area contributed by atoms with Crippen molar-refractivity contribution in [2.24, 2.45) is 0 Å². The Morgan fingerprint density at radius 1 is 0.949 bits per heavy atom. The Balaban J connectivity index is 1.75. The Labute approximate surface area is 226 Å². The predicted octanol–water partition coefficient (Wildman–Crippen LogP) is 6.31. The summed E-state index contributed by atoms with van der Waals surface area (Å²) < 4.78 is 83.0. The molecule has 3 rings (SSSR count). The lowest BCUT2D eigenvalue weighted by molar-refractivity contribution is -0.137. The third-order valence-electron chi connectivity index (χ3n) is 6.30. The number of aldehydes is 1. The van der Waals surface area contributed by atoms with E-state index < -0.39 is 27.0 Å². The smallest absolute Gasteiger partial charge is 0.416 e. The fourth-order valence-electron chi connectivity index (χ4n) is 4.37. The molecule has 0 saturated heterocycles. The molecule has 0 amide bonds. The van der Waals surface area contributed by atoms with Gasteiger partial charge in [-0.1, -0.05) is 44.2 Å². The fourth-order valence-corrected chi connectivity index (χ4v) is 5.25. The molecule has 39 heavy (non-hydrogen) atoms. The summed E-state index contributed by atoms with van der Waals surface area (Å²) in [4.78, 5) is 13.1. The van der Waals surface area contributed by atoms with Crippen LogP contribution >= 0.6 is 0 Å². The lowest BCUT2D eigenvalue weighted by atomic mass is 9.84. The molecule has 3 aromatic rings. The van der Waals surface area contributed by atoms with Gasteiger partial charge in [-0.3, -0.25) is 9.69 Å². The first-order valence-corrected chi connectivity index (χ1v) is 14.1. The van der Waals surface area contributed by atoms with Crippen molar-refractivity contribution in [2.75, 3.05) is 26.0 Å². The normalized spacial score (nSPS) is 12.5. The van der Waals surface area contributed by atoms with Crippen LogP contribution in [0.15, 0.2) is 71.6 Å². The van der Waals surface area contributed by atoms with Gasteiger partial charge in [0.25, 0.3) is 0 Å². The van der Waals surface area contributed by atoms with E-state index >= 15 is 0 Å². The maximum Gasteiger partial charge on any atom is 0.416 e. The molecule has 0 unspecified atom stereocenters. The molecule has 0 bridgehead atoms. The molecule has 0 atom stereocenters. The number of hydrogen-bond donors (Lipinski definition) is 0. The number of ether oxygens (including phenoxy) is 1. The average molecular weight is 566 g/mol. The van der Waals surface area contributed by atoms with Crippen molar-refractivity contribution in [1.82, 2.24) is 4.90 Å². The highest BCUT2D eigenvalue weighted by atomic mass is 32.2. The zero-order chi connectivity index (χ0) is 28.8. The van der Waals surface area contributed by atoms with Gasteiger partial charge in [0.05, 0.1) is 17.1 Å². The van der Waals surface area contributed by atoms with Gasteiger partial charge in [-0.05, 0) is 53.9 Å². The van der Waals surface area contributed by atoms with E-state index in [1.807, 2.05) is 18.7 Å². The van der Waals surface area contributed by atoms with Gasteiger partial charge in [0, 0.05) is 36.9 Å². The largest absolute Gasteiger partial charge is 0.494 e. The highest BCUT2D eigenvalue weighted by Gasteiger charge is 2.31. The Morgan fingerprint density at radius 2 is 1.64 bits per heavy atom. The van der Waals surface area contributed by atoms with Crippen LogP contribution in [-0.4, -0.2) is 45.6 Å². The van der Waals surface area contributed by atoms with E-state index in [2.05, 4.69) is 0 Å². The molecular weight excluding hydrogens is 534 g/mol. The van der Waals surface area contributed by atoms with E-state index in [0.29, 0.717) is 31.4 Å². The van der Waals surface area contributed by atoms with Gasteiger partial charge >= 0.3 is 6.18 Å². The van der Waals surface area contributed by atoms with E-state index in [1.54, 1.807) is 18.2 Å². The summed E-state index contributed by atoms with van der Waals surface area (Å²) >= 11 is 0. The van der Waals surface area contributed by atoms with Gasteiger partial charge in [-0.15, -0.1) is 0 Å². The summed E-state index contributed by atoms with van der Waals surface area (Å²) in [5.41, 5.74) is 0.271. The van der Waals surface area contributed by atoms with Crippen molar-refractivity contribution in [3.63, 3.8) is 0 Å². The second-order valence-electron chi connectivity index (χ2n) is 10.1. The van der Waals surface area contributed by atoms with Gasteiger partial charge in [-0.25, -0.2) is 12.8 Å². The molecule has 0 saturated carbocycles. The Hall–Kier alpha value is -3.24. The number of carbonyl (C=O) groups excluding carboxylic acids is 1. The first kappa shape index (κ1) is 30.3. The van der Waals surface area contributed by atoms with Gasteiger partial charge in [-0.2, -0.15) is 13.2 Å². The molecule has 5 nitrogen and oxygen atoms in total. The van der Waals surface area contributed by atoms with Crippen LogP contribution in [-0.2, 0) is 28.0 Å². The van der Waals surface area contributed by atoms with Crippen molar-refractivity contribution >= 4 is 16.1 Å². The minimum absolute atomic E-state index is 0.0418. The summed E-state index contributed by atoms with van der Waals surface area (Å²) in [6, 6.07) is 15.5. The predicted molar refractivity (Wildman–Crippen MR) is 141 cm³/mol. The maximum atomic E-state index is 13.5. The highest BCUT2D eigenvalue weighted by Crippen LogP contribution is 2.31. The van der Waals surface area contributed by atoms with Crippen molar-refractivity contribution in [3.05, 3.63) is 94.8 Å². The van der Waals surface area contributed by atoms with E-state index in [1.165, 1.54) is 36.4 Å². The molecule has 0 N–H and O–H groups in total. The van der Waals surface area contributed by atoms with E-state index in [-0.39, 0.29) is 35.2 Å². The van der Waals surface area contributed by atoms with Gasteiger partial charge in [0.2, 0.25) is 0 Å². The number of sulfone groups is 1. The van der Waals surface area contributed by atoms with Crippen LogP contribution in [0.1, 0.15) is 47.3 Å². The van der Waals surface area contributed by atoms with Crippen LogP contribution in [0, 0.1) is 5.82 Å². The maximum absolute atomic E-state index is 13.5. The van der Waals surface area contributed by atoms with Crippen LogP contribution in [0.5, 0.6) is 5.75 Å². The van der Waals surface area contributed by atoms with Gasteiger partial charge < -0.3 is 4.74 Å². The molecule has 3 aromatic carbocycles. The quantitative estimate of drug-likeness (QED) is 0.146. The SMILES string of the molecule is CC(C)(CN(CCCOc1ccc(C=O)c(S(C)(=O)=O)c1)Cc1cccc(C(F)(F)F)c1)c1ccc(F)cc1. The molecule has 0 aliphatic carbocycles. The fraction of sp³-hybridized carbons (Fsp3) is 0.345. The Morgan fingerprint density at radius 3 is 2.26 bits per heavy atom. The molecule has 0 aromatic heterocycles. The second kappa shape index (κ2) is 12.3. The monoisotopic (exact) mass is 565 g/mol. The zero-order valence-corrected chi connectivity index (χ0v) is 22.8. The zero-order valence-electron chi connectivity index (χ0n) is 22.0. The van der Waals surface area contributed by atoms with Crippen LogP contribution in [0.3, 0.4) is 0 Å². The highest BCUT2D eigenvalue weighted by molar-refractivity contribution is 7.90. The molecule has 210 valence electrons. The summed E-state index contributed by atoms with van der Waals surface area (Å²) in [5, 5.41) is 0. The van der Waals surface area contributed by atoms with Gasteiger partial charge in [0.1, 0.15) is 11.6 Å². The Kier molecular flexibility index (Phi) is 9.55. The lowest BCUT2D eigenvalue weighted by Crippen LogP contribution is -2.37. The molecular formula is C29H31F4NO4S. The third-order valence-corrected chi connectivity index (χ3v) is 7.46. The number of carbonyl (C=O) groups is 1. The van der Waals surface area contributed by atoms with E-state index in [4.69, 9.17) is 4.74 Å². The van der Waals surface area contributed by atoms with E-state index in [0.717, 1.165) is 24.0 Å². The summed E-state index contributed by atoms with van der Waals surface area (Å²) in [7, 11) is -3.63. The summed E-state index contributed by atoms with van der Waals surface area (Å²) in [6.45, 7) is 5.36. The molecule has 0 heterocycles. The van der Waals surface area contributed by atoms with Crippen LogP contribution in [0.2, 0.25) is 0 Å². The van der Waals surface area contributed by atoms with Crippen LogP contribution in [0.4, 0.5) is 17.6 Å². The number of benzene rings is 3. The van der Waals surface area contributed by atoms with Crippen LogP contribution in [0.25, 0.3) is 0 Å². The average Bonchev–Trinajstić information content (AvgIpc) is 2.85. The summed E-state index contributed by atoms with van der Waals surface area (Å²) in [6.07, 6.45) is -2.49. The molecule has 0 spiro atoms. The molecule has 0 fully saturated rings. The number of alkyl halides is 3. The number of halogens is 4. The number of rotatable bonds is 12. The van der Waals surface area contributed by atoms with Crippen molar-refractivity contribution in [1.29, 1.82) is 0 Å². The first-order valence-electron chi connectivity index (χ1n) is 12.3. The van der Waals surface area contributed by atoms with Crippen molar-refractivity contribution in [2.45, 2.75) is 43.3 Å². The molecule has 0 aliphatic heterocycles. The molecule has 10 heteroatoms. The van der Waals surface area contributed by atoms with Crippen molar-refractivity contribution < 1.29 is 35.5 Å². The summed E-state index contributed by atoms with van der Waals surface area (Å²) in [5.74, 6) is -0.0650.